The molecule has 172 valence electrons. The van der Waals surface area contributed by atoms with Crippen molar-refractivity contribution in [3.63, 3.8) is 0 Å². The van der Waals surface area contributed by atoms with Crippen molar-refractivity contribution < 1.29 is 23.1 Å². The fourth-order valence-corrected chi connectivity index (χ4v) is 6.27. The Hall–Kier alpha value is -4.03. The Kier molecular flexibility index (Phi) is 5.18. The predicted octanol–water partition coefficient (Wildman–Crippen LogP) is 2.56. The van der Waals surface area contributed by atoms with Crippen LogP contribution in [0.2, 0.25) is 0 Å². The highest BCUT2D eigenvalue weighted by Gasteiger charge is 2.35. The number of nitrogens with zero attached hydrogens (tertiary/aromatic N) is 3. The molecule has 0 bridgehead atoms. The number of carbonyl (C=O) groups excluding carboxylic acids is 1. The van der Waals surface area contributed by atoms with E-state index in [1.165, 1.54) is 16.1 Å². The number of anilines is 1. The highest BCUT2D eigenvalue weighted by atomic mass is 32.2. The average Bonchev–Trinajstić information content (AvgIpc) is 3.27. The number of esters is 1. The van der Waals surface area contributed by atoms with Gasteiger partial charge in [-0.2, -0.15) is 8.42 Å². The Morgan fingerprint density at radius 3 is 2.71 bits per heavy atom. The summed E-state index contributed by atoms with van der Waals surface area (Å²) in [5.41, 5.74) is -0.114. The van der Waals surface area contributed by atoms with E-state index in [1.54, 1.807) is 12.1 Å². The van der Waals surface area contributed by atoms with Crippen LogP contribution in [0.4, 0.5) is 5.00 Å². The minimum absolute atomic E-state index is 0.0880. The maximum atomic E-state index is 13.6. The molecule has 0 radical (unpaired) electrons. The summed E-state index contributed by atoms with van der Waals surface area (Å²) in [6.07, 6.45) is 1.50. The topological polar surface area (TPSA) is 140 Å². The number of aromatic hydroxyl groups is 1. The zero-order valence-corrected chi connectivity index (χ0v) is 19.2. The molecular formula is C22H16N4O6S2. The molecule has 5 rings (SSSR count). The zero-order valence-electron chi connectivity index (χ0n) is 17.5. The minimum Gasteiger partial charge on any atom is -0.506 e. The molecule has 0 atom stereocenters. The molecule has 1 aliphatic rings. The number of amidine groups is 1. The Labute approximate surface area is 196 Å². The summed E-state index contributed by atoms with van der Waals surface area (Å²) >= 11 is 0.944. The van der Waals surface area contributed by atoms with Crippen molar-refractivity contribution in [2.24, 2.45) is 4.40 Å². The smallest absolute Gasteiger partial charge is 0.340 e. The second kappa shape index (κ2) is 8.08. The van der Waals surface area contributed by atoms with Gasteiger partial charge in [0.05, 0.1) is 24.6 Å². The molecule has 0 unspecified atom stereocenters. The minimum atomic E-state index is -4.38. The number of thiophene rings is 1. The number of aromatic nitrogens is 2. The number of rotatable bonds is 4. The molecule has 0 saturated heterocycles. The lowest BCUT2D eigenvalue weighted by Gasteiger charge is -2.19. The van der Waals surface area contributed by atoms with Crippen LogP contribution in [0.25, 0.3) is 11.0 Å². The second-order valence-corrected chi connectivity index (χ2v) is 9.73. The van der Waals surface area contributed by atoms with Gasteiger partial charge in [0.1, 0.15) is 26.9 Å². The van der Waals surface area contributed by atoms with Gasteiger partial charge in [-0.15, -0.1) is 15.7 Å². The van der Waals surface area contributed by atoms with Crippen molar-refractivity contribution in [2.45, 2.75) is 11.4 Å². The highest BCUT2D eigenvalue weighted by molar-refractivity contribution is 7.90. The molecule has 12 heteroatoms. The molecule has 3 aromatic heterocycles. The van der Waals surface area contributed by atoms with Crippen LogP contribution in [0.3, 0.4) is 0 Å². The van der Waals surface area contributed by atoms with Crippen molar-refractivity contribution in [1.82, 2.24) is 9.55 Å². The van der Waals surface area contributed by atoms with Gasteiger partial charge >= 0.3 is 5.97 Å². The summed E-state index contributed by atoms with van der Waals surface area (Å²) in [5.74, 6) is -1.63. The molecule has 1 aromatic carbocycles. The molecule has 10 nitrogen and oxygen atoms in total. The first-order valence-corrected chi connectivity index (χ1v) is 12.2. The Morgan fingerprint density at radius 2 is 1.97 bits per heavy atom. The summed E-state index contributed by atoms with van der Waals surface area (Å²) in [6, 6.07) is 12.3. The molecule has 2 N–H and O–H groups in total. The van der Waals surface area contributed by atoms with Gasteiger partial charge in [0.2, 0.25) is 0 Å². The van der Waals surface area contributed by atoms with Gasteiger partial charge in [0.25, 0.3) is 15.6 Å². The van der Waals surface area contributed by atoms with Gasteiger partial charge in [0.15, 0.2) is 5.84 Å². The van der Waals surface area contributed by atoms with Crippen LogP contribution >= 0.6 is 11.3 Å². The quantitative estimate of drug-likeness (QED) is 0.411. The van der Waals surface area contributed by atoms with Crippen LogP contribution in [0.1, 0.15) is 21.5 Å². The number of sulfonamides is 1. The first-order valence-electron chi connectivity index (χ1n) is 9.88. The fraction of sp³-hybridized carbons (Fsp3) is 0.0909. The van der Waals surface area contributed by atoms with Gasteiger partial charge in [-0.3, -0.25) is 9.36 Å². The van der Waals surface area contributed by atoms with Crippen molar-refractivity contribution in [3.05, 3.63) is 81.1 Å². The molecular weight excluding hydrogens is 480 g/mol. The van der Waals surface area contributed by atoms with Crippen LogP contribution in [-0.2, 0) is 21.3 Å². The first kappa shape index (κ1) is 21.8. The normalized spacial score (nSPS) is 14.2. The second-order valence-electron chi connectivity index (χ2n) is 7.31. The van der Waals surface area contributed by atoms with Crippen LogP contribution in [0.15, 0.2) is 68.1 Å². The van der Waals surface area contributed by atoms with Gasteiger partial charge in [-0.25, -0.2) is 9.78 Å². The van der Waals surface area contributed by atoms with Crippen LogP contribution < -0.4 is 10.9 Å². The van der Waals surface area contributed by atoms with E-state index in [1.807, 2.05) is 30.3 Å². The molecule has 0 aliphatic carbocycles. The number of pyridine rings is 2. The fourth-order valence-electron chi connectivity index (χ4n) is 3.73. The third kappa shape index (κ3) is 3.43. The number of nitrogens with one attached hydrogen (secondary N) is 1. The molecule has 1 aliphatic heterocycles. The van der Waals surface area contributed by atoms with E-state index in [4.69, 9.17) is 0 Å². The van der Waals surface area contributed by atoms with E-state index >= 15 is 0 Å². The number of hydrogen-bond acceptors (Lipinski definition) is 9. The Bertz CT molecular complexity index is 1660. The number of methoxy groups -OCH3 is 1. The lowest BCUT2D eigenvalue weighted by atomic mass is 10.1. The maximum Gasteiger partial charge on any atom is 0.340 e. The number of carbonyl (C=O) groups is 1. The van der Waals surface area contributed by atoms with Gasteiger partial charge < -0.3 is 15.2 Å². The molecule has 0 spiro atoms. The van der Waals surface area contributed by atoms with Crippen LogP contribution in [0.5, 0.6) is 5.75 Å². The number of hydrogen-bond donors (Lipinski definition) is 2. The van der Waals surface area contributed by atoms with Crippen molar-refractivity contribution in [2.75, 3.05) is 12.4 Å². The Morgan fingerprint density at radius 1 is 1.21 bits per heavy atom. The first-order chi connectivity index (χ1) is 16.3. The van der Waals surface area contributed by atoms with E-state index in [0.29, 0.717) is 0 Å². The summed E-state index contributed by atoms with van der Waals surface area (Å²) in [6.45, 7) is 0.136. The van der Waals surface area contributed by atoms with Crippen molar-refractivity contribution in [1.29, 1.82) is 0 Å². The average molecular weight is 497 g/mol. The van der Waals surface area contributed by atoms with Gasteiger partial charge in [0, 0.05) is 11.6 Å². The predicted molar refractivity (Wildman–Crippen MR) is 126 cm³/mol. The van der Waals surface area contributed by atoms with E-state index in [9.17, 15) is 23.1 Å². The summed E-state index contributed by atoms with van der Waals surface area (Å²) < 4.78 is 35.7. The SMILES string of the molecule is COC(=O)c1csc2c1S(=O)(=O)N=C(c1c(O)c3cccnc3n(Cc3ccccc3)c1=O)N2. The molecule has 0 saturated carbocycles. The molecule has 0 fully saturated rings. The van der Waals surface area contributed by atoms with Gasteiger partial charge in [-0.1, -0.05) is 30.3 Å². The van der Waals surface area contributed by atoms with Crippen LogP contribution in [0, 0.1) is 0 Å². The molecule has 4 aromatic rings. The Balaban J connectivity index is 1.73. The zero-order chi connectivity index (χ0) is 24.0. The lowest BCUT2D eigenvalue weighted by Crippen LogP contribution is -2.33. The highest BCUT2D eigenvalue weighted by Crippen LogP contribution is 2.38. The maximum absolute atomic E-state index is 13.6. The third-order valence-corrected chi connectivity index (χ3v) is 7.65. The van der Waals surface area contributed by atoms with Crippen molar-refractivity contribution >= 4 is 49.2 Å². The van der Waals surface area contributed by atoms with E-state index in [2.05, 4.69) is 19.4 Å². The van der Waals surface area contributed by atoms with E-state index in [-0.39, 0.29) is 44.4 Å². The molecule has 4 heterocycles. The number of benzene rings is 1. The summed E-state index contributed by atoms with van der Waals surface area (Å²) in [4.78, 5) is 29.5. The number of ether oxygens (including phenoxy) is 1. The van der Waals surface area contributed by atoms with Gasteiger partial charge in [-0.05, 0) is 17.7 Å². The molecule has 34 heavy (non-hydrogen) atoms. The largest absolute Gasteiger partial charge is 0.506 e. The van der Waals surface area contributed by atoms with E-state index < -0.39 is 27.3 Å². The van der Waals surface area contributed by atoms with E-state index in [0.717, 1.165) is 24.0 Å². The standard InChI is InChI=1S/C22H16N4O6S2/c1-32-22(29)14-11-33-20-17(14)34(30,31)25-18(24-20)15-16(27)13-8-5-9-23-19(13)26(21(15)28)10-12-6-3-2-4-7-12/h2-9,11,27H,10H2,1H3,(H,24,25). The van der Waals surface area contributed by atoms with Crippen molar-refractivity contribution in [3.8, 4) is 5.75 Å². The monoisotopic (exact) mass is 496 g/mol. The lowest BCUT2D eigenvalue weighted by molar-refractivity contribution is 0.0597. The summed E-state index contributed by atoms with van der Waals surface area (Å²) in [7, 11) is -3.24. The summed E-state index contributed by atoms with van der Waals surface area (Å²) in [5, 5.41) is 15.4. The third-order valence-electron chi connectivity index (χ3n) is 5.27. The van der Waals surface area contributed by atoms with Crippen LogP contribution in [-0.4, -0.2) is 42.0 Å². The molecule has 0 amide bonds. The number of fused-ring (bicyclic) bond motifs is 2.